The Kier molecular flexibility index (Phi) is 2.75. The van der Waals surface area contributed by atoms with E-state index in [4.69, 9.17) is 4.42 Å². The standard InChI is InChI=1S/C12H9N5O3/c1-8-14-15-12(20-8)11-10(17(18)19)7-13-16(11)9-5-3-2-4-6-9/h2-7H,1H3. The van der Waals surface area contributed by atoms with Crippen LogP contribution < -0.4 is 0 Å². The molecule has 3 aromatic rings. The molecule has 100 valence electrons. The second kappa shape index (κ2) is 4.57. The number of aromatic nitrogens is 4. The Morgan fingerprint density at radius 3 is 2.60 bits per heavy atom. The zero-order valence-corrected chi connectivity index (χ0v) is 10.4. The van der Waals surface area contributed by atoms with Crippen molar-refractivity contribution >= 4 is 5.69 Å². The molecule has 8 heteroatoms. The summed E-state index contributed by atoms with van der Waals surface area (Å²) in [6.45, 7) is 1.62. The molecule has 0 amide bonds. The number of nitrogens with zero attached hydrogens (tertiary/aromatic N) is 5. The zero-order chi connectivity index (χ0) is 14.1. The Hall–Kier alpha value is -3.03. The summed E-state index contributed by atoms with van der Waals surface area (Å²) < 4.78 is 6.70. The lowest BCUT2D eigenvalue weighted by atomic mass is 10.3. The summed E-state index contributed by atoms with van der Waals surface area (Å²) in [5.74, 6) is 0.394. The number of hydrogen-bond donors (Lipinski definition) is 0. The van der Waals surface area contributed by atoms with Crippen LogP contribution in [0.15, 0.2) is 40.9 Å². The van der Waals surface area contributed by atoms with Gasteiger partial charge in [-0.1, -0.05) is 18.2 Å². The average Bonchev–Trinajstić information content (AvgIpc) is 3.05. The Bertz CT molecular complexity index is 763. The molecular weight excluding hydrogens is 262 g/mol. The first-order chi connectivity index (χ1) is 9.66. The van der Waals surface area contributed by atoms with Crippen molar-refractivity contribution in [2.24, 2.45) is 0 Å². The van der Waals surface area contributed by atoms with E-state index in [1.165, 1.54) is 10.9 Å². The van der Waals surface area contributed by atoms with Crippen LogP contribution >= 0.6 is 0 Å². The van der Waals surface area contributed by atoms with Gasteiger partial charge < -0.3 is 4.42 Å². The second-order valence-electron chi connectivity index (χ2n) is 4.01. The molecule has 2 heterocycles. The van der Waals surface area contributed by atoms with Crippen molar-refractivity contribution in [3.8, 4) is 17.3 Å². The fourth-order valence-corrected chi connectivity index (χ4v) is 1.83. The zero-order valence-electron chi connectivity index (χ0n) is 10.4. The normalized spacial score (nSPS) is 10.7. The van der Waals surface area contributed by atoms with Crippen molar-refractivity contribution < 1.29 is 9.34 Å². The van der Waals surface area contributed by atoms with Crippen molar-refractivity contribution in [2.75, 3.05) is 0 Å². The molecule has 0 saturated carbocycles. The molecule has 0 aliphatic rings. The quantitative estimate of drug-likeness (QED) is 0.534. The molecule has 0 atom stereocenters. The van der Waals surface area contributed by atoms with Gasteiger partial charge in [-0.2, -0.15) is 5.10 Å². The molecule has 0 aliphatic carbocycles. The first-order valence-corrected chi connectivity index (χ1v) is 5.75. The molecule has 0 unspecified atom stereocenters. The first-order valence-electron chi connectivity index (χ1n) is 5.75. The van der Waals surface area contributed by atoms with Gasteiger partial charge in [-0.3, -0.25) is 10.1 Å². The van der Waals surface area contributed by atoms with Crippen LogP contribution in [0.5, 0.6) is 0 Å². The molecule has 0 fully saturated rings. The van der Waals surface area contributed by atoms with E-state index in [9.17, 15) is 10.1 Å². The highest BCUT2D eigenvalue weighted by molar-refractivity contribution is 5.64. The van der Waals surface area contributed by atoms with Crippen LogP contribution in [0.3, 0.4) is 0 Å². The molecule has 0 radical (unpaired) electrons. The van der Waals surface area contributed by atoms with E-state index in [1.54, 1.807) is 19.1 Å². The molecule has 2 aromatic heterocycles. The topological polar surface area (TPSA) is 99.9 Å². The van der Waals surface area contributed by atoms with E-state index >= 15 is 0 Å². The summed E-state index contributed by atoms with van der Waals surface area (Å²) in [5, 5.41) is 22.7. The summed E-state index contributed by atoms with van der Waals surface area (Å²) in [4.78, 5) is 10.6. The van der Waals surface area contributed by atoms with Crippen molar-refractivity contribution in [1.29, 1.82) is 0 Å². The van der Waals surface area contributed by atoms with Crippen molar-refractivity contribution in [3.63, 3.8) is 0 Å². The fraction of sp³-hybridized carbons (Fsp3) is 0.0833. The van der Waals surface area contributed by atoms with Gasteiger partial charge in [-0.05, 0) is 12.1 Å². The molecule has 20 heavy (non-hydrogen) atoms. The Morgan fingerprint density at radius 1 is 1.25 bits per heavy atom. The number of hydrogen-bond acceptors (Lipinski definition) is 6. The van der Waals surface area contributed by atoms with Gasteiger partial charge in [0.2, 0.25) is 11.6 Å². The third kappa shape index (κ3) is 1.92. The van der Waals surface area contributed by atoms with E-state index in [2.05, 4.69) is 15.3 Å². The van der Waals surface area contributed by atoms with Crippen molar-refractivity contribution in [1.82, 2.24) is 20.0 Å². The second-order valence-corrected chi connectivity index (χ2v) is 4.01. The summed E-state index contributed by atoms with van der Waals surface area (Å²) in [6.07, 6.45) is 1.17. The van der Waals surface area contributed by atoms with Crippen molar-refractivity contribution in [3.05, 3.63) is 52.5 Å². The predicted molar refractivity (Wildman–Crippen MR) is 68.2 cm³/mol. The third-order valence-corrected chi connectivity index (χ3v) is 2.68. The minimum Gasteiger partial charge on any atom is -0.419 e. The highest BCUT2D eigenvalue weighted by Crippen LogP contribution is 2.30. The molecule has 8 nitrogen and oxygen atoms in total. The van der Waals surface area contributed by atoms with Crippen LogP contribution in [0.2, 0.25) is 0 Å². The average molecular weight is 271 g/mol. The van der Waals surface area contributed by atoms with Crippen LogP contribution in [-0.4, -0.2) is 24.9 Å². The summed E-state index contributed by atoms with van der Waals surface area (Å²) in [5.41, 5.74) is 0.658. The number of aryl methyl sites for hydroxylation is 1. The van der Waals surface area contributed by atoms with E-state index in [1.807, 2.05) is 18.2 Å². The van der Waals surface area contributed by atoms with Gasteiger partial charge in [-0.25, -0.2) is 4.68 Å². The van der Waals surface area contributed by atoms with Crippen LogP contribution in [-0.2, 0) is 0 Å². The smallest absolute Gasteiger partial charge is 0.320 e. The lowest BCUT2D eigenvalue weighted by molar-refractivity contribution is -0.384. The molecule has 0 saturated heterocycles. The lowest BCUT2D eigenvalue weighted by Gasteiger charge is -2.03. The number of nitro groups is 1. The summed E-state index contributed by atoms with van der Waals surface area (Å²) >= 11 is 0. The molecule has 0 aliphatic heterocycles. The van der Waals surface area contributed by atoms with E-state index in [-0.39, 0.29) is 17.3 Å². The lowest BCUT2D eigenvalue weighted by Crippen LogP contribution is -2.00. The van der Waals surface area contributed by atoms with Gasteiger partial charge in [0, 0.05) is 6.92 Å². The fourth-order valence-electron chi connectivity index (χ4n) is 1.83. The number of benzene rings is 1. The highest BCUT2D eigenvalue weighted by Gasteiger charge is 2.27. The van der Waals surface area contributed by atoms with Crippen LogP contribution in [0.4, 0.5) is 5.69 Å². The summed E-state index contributed by atoms with van der Waals surface area (Å²) in [6, 6.07) is 9.03. The van der Waals surface area contributed by atoms with Gasteiger partial charge in [0.25, 0.3) is 5.89 Å². The maximum atomic E-state index is 11.1. The Balaban J connectivity index is 2.24. The van der Waals surface area contributed by atoms with Gasteiger partial charge in [0.15, 0.2) is 0 Å². The largest absolute Gasteiger partial charge is 0.419 e. The molecular formula is C12H9N5O3. The SMILES string of the molecule is Cc1nnc(-c2c([N+](=O)[O-])cnn2-c2ccccc2)o1. The molecule has 0 bridgehead atoms. The van der Waals surface area contributed by atoms with Crippen LogP contribution in [0.1, 0.15) is 5.89 Å². The first kappa shape index (κ1) is 12.0. The summed E-state index contributed by atoms with van der Waals surface area (Å²) in [7, 11) is 0. The number of rotatable bonds is 3. The van der Waals surface area contributed by atoms with Gasteiger partial charge in [0.1, 0.15) is 6.20 Å². The predicted octanol–water partition coefficient (Wildman–Crippen LogP) is 2.14. The minimum absolute atomic E-state index is 0.0653. The van der Waals surface area contributed by atoms with Crippen molar-refractivity contribution in [2.45, 2.75) is 6.92 Å². The van der Waals surface area contributed by atoms with Gasteiger partial charge in [0.05, 0.1) is 10.6 Å². The Labute approximate surface area is 112 Å². The van der Waals surface area contributed by atoms with Crippen LogP contribution in [0, 0.1) is 17.0 Å². The Morgan fingerprint density at radius 2 is 2.00 bits per heavy atom. The molecule has 0 spiro atoms. The minimum atomic E-state index is -0.526. The highest BCUT2D eigenvalue weighted by atomic mass is 16.6. The third-order valence-electron chi connectivity index (χ3n) is 2.68. The maximum Gasteiger partial charge on any atom is 0.320 e. The van der Waals surface area contributed by atoms with E-state index in [0.717, 1.165) is 0 Å². The molecule has 0 N–H and O–H groups in total. The monoisotopic (exact) mass is 271 g/mol. The molecule has 1 aromatic carbocycles. The maximum absolute atomic E-state index is 11.1. The van der Waals surface area contributed by atoms with Gasteiger partial charge in [-0.15, -0.1) is 10.2 Å². The van der Waals surface area contributed by atoms with Crippen LogP contribution in [0.25, 0.3) is 17.3 Å². The van der Waals surface area contributed by atoms with E-state index in [0.29, 0.717) is 11.6 Å². The van der Waals surface area contributed by atoms with E-state index < -0.39 is 4.92 Å². The molecule has 3 rings (SSSR count). The number of para-hydroxylation sites is 1. The van der Waals surface area contributed by atoms with Gasteiger partial charge >= 0.3 is 5.69 Å².